The molecule has 7 rings (SSSR count). The van der Waals surface area contributed by atoms with E-state index >= 15 is 0 Å². The van der Waals surface area contributed by atoms with Gasteiger partial charge >= 0.3 is 286 Å². The third kappa shape index (κ3) is 6.44. The van der Waals surface area contributed by atoms with E-state index in [1.807, 2.05) is 0 Å². The molecule has 244 valence electrons. The molecule has 0 fully saturated rings. The first-order valence-corrected chi connectivity index (χ1v) is 20.9. The molecule has 0 nitrogen and oxygen atoms in total. The van der Waals surface area contributed by atoms with Crippen LogP contribution in [0.2, 0.25) is 0 Å². The summed E-state index contributed by atoms with van der Waals surface area (Å²) in [5.41, 5.74) is 17.6. The van der Waals surface area contributed by atoms with Gasteiger partial charge in [-0.2, -0.15) is 0 Å². The maximum atomic E-state index is 2.62. The standard InChI is InChI=1S/C21H25.C13H10.C11H11.2ClH.Zr/c1-20(2,3)16-7-9-18-14(12-16)11-15-13-17(21(4,5)6)8-10-19(15)18;1-3-7-12(8-4-1)11-13-9-5-2-6-10-13;1-8-6-7-9(2)11-5-3-4-10(8)11;;;/h7-13H,1-6H3;1-10H;3-7H,1-2H3;2*1H;/q;;;;;+2/p-2. The molecule has 0 N–H and O–H groups in total. The Morgan fingerprint density at radius 3 is 1.48 bits per heavy atom. The van der Waals surface area contributed by atoms with E-state index in [2.05, 4.69) is 177 Å². The monoisotopic (exact) mass is 746 g/mol. The number of aryl methyl sites for hydroxylation is 2. The first-order chi connectivity index (χ1) is 21.9. The van der Waals surface area contributed by atoms with Crippen LogP contribution in [0.15, 0.2) is 115 Å². The smallest absolute Gasteiger partial charge is 1.00 e. The number of fused-ring (bicyclic) bond motifs is 4. The molecule has 0 heterocycles. The minimum atomic E-state index is -2.88. The second-order valence-electron chi connectivity index (χ2n) is 15.5. The Morgan fingerprint density at radius 1 is 0.562 bits per heavy atom. The Morgan fingerprint density at radius 2 is 1.02 bits per heavy atom. The number of hydrogen-bond donors (Lipinski definition) is 0. The minimum Gasteiger partial charge on any atom is -1.00 e. The molecule has 1 atom stereocenters. The molecular weight excluding hydrogens is 703 g/mol. The van der Waals surface area contributed by atoms with Gasteiger partial charge in [0.15, 0.2) is 0 Å². The van der Waals surface area contributed by atoms with Crippen molar-refractivity contribution in [3.63, 3.8) is 0 Å². The average molecular weight is 749 g/mol. The van der Waals surface area contributed by atoms with Crippen molar-refractivity contribution >= 4 is 9.28 Å². The van der Waals surface area contributed by atoms with Crippen LogP contribution in [0.25, 0.3) is 17.2 Å². The summed E-state index contributed by atoms with van der Waals surface area (Å²) < 4.78 is 2.43. The first kappa shape index (κ1) is 36.5. The van der Waals surface area contributed by atoms with Crippen LogP contribution >= 0.6 is 0 Å². The van der Waals surface area contributed by atoms with E-state index < -0.39 is 21.3 Å². The fraction of sp³-hybridized carbons (Fsp3) is 0.267. The maximum Gasteiger partial charge on any atom is -1.00 e. The van der Waals surface area contributed by atoms with Gasteiger partial charge in [0, 0.05) is 0 Å². The van der Waals surface area contributed by atoms with Crippen molar-refractivity contribution in [3.05, 3.63) is 171 Å². The summed E-state index contributed by atoms with van der Waals surface area (Å²) in [4.78, 5) is 0. The van der Waals surface area contributed by atoms with Crippen LogP contribution in [-0.4, -0.2) is 3.21 Å². The van der Waals surface area contributed by atoms with Crippen LogP contribution in [0.3, 0.4) is 0 Å². The van der Waals surface area contributed by atoms with E-state index in [0.717, 1.165) is 0 Å². The molecule has 0 aromatic heterocycles. The van der Waals surface area contributed by atoms with E-state index in [1.54, 1.807) is 19.9 Å². The van der Waals surface area contributed by atoms with Crippen LogP contribution in [0, 0.1) is 13.8 Å². The SMILES string of the molecule is Cc1ccc(C)c2c1C=C[CH]2[Zr+2](=[C](c1ccccc1)c1ccccc1)[CH]1c2cc(C(C)(C)C)ccc2-c2ccc(C(C)(C)C)cc21.[Cl-].[Cl-]. The summed E-state index contributed by atoms with van der Waals surface area (Å²) in [5, 5.41) is 0. The van der Waals surface area contributed by atoms with Crippen LogP contribution in [-0.2, 0) is 32.1 Å². The summed E-state index contributed by atoms with van der Waals surface area (Å²) >= 11 is -2.88. The molecule has 5 aromatic carbocycles. The Balaban J connectivity index is 0.00000225. The predicted molar refractivity (Wildman–Crippen MR) is 195 cm³/mol. The molecule has 5 aromatic rings. The Bertz CT molecular complexity index is 1920. The van der Waals surface area contributed by atoms with Gasteiger partial charge in [0.25, 0.3) is 0 Å². The van der Waals surface area contributed by atoms with Gasteiger partial charge < -0.3 is 24.8 Å². The van der Waals surface area contributed by atoms with Crippen LogP contribution in [0.1, 0.15) is 104 Å². The fourth-order valence-electron chi connectivity index (χ4n) is 7.75. The number of benzene rings is 5. The van der Waals surface area contributed by atoms with Crippen molar-refractivity contribution in [1.29, 1.82) is 0 Å². The van der Waals surface area contributed by atoms with Crippen molar-refractivity contribution < 1.29 is 46.1 Å². The molecule has 0 spiro atoms. The Labute approximate surface area is 308 Å². The second kappa shape index (κ2) is 13.8. The summed E-state index contributed by atoms with van der Waals surface area (Å²) in [7, 11) is 0. The molecule has 3 heteroatoms. The van der Waals surface area contributed by atoms with Gasteiger partial charge in [-0.25, -0.2) is 0 Å². The van der Waals surface area contributed by atoms with Gasteiger partial charge in [-0.3, -0.25) is 0 Å². The third-order valence-corrected chi connectivity index (χ3v) is 19.0. The van der Waals surface area contributed by atoms with E-state index in [4.69, 9.17) is 0 Å². The number of allylic oxidation sites excluding steroid dienone is 1. The number of halogens is 2. The zero-order valence-corrected chi connectivity index (χ0v) is 33.4. The van der Waals surface area contributed by atoms with Gasteiger partial charge in [-0.05, 0) is 0 Å². The molecule has 0 saturated carbocycles. The summed E-state index contributed by atoms with van der Waals surface area (Å²) in [6.07, 6.45) is 5.08. The van der Waals surface area contributed by atoms with Crippen molar-refractivity contribution in [1.82, 2.24) is 0 Å². The van der Waals surface area contributed by atoms with Crippen molar-refractivity contribution in [2.75, 3.05) is 0 Å². The van der Waals surface area contributed by atoms with Crippen LogP contribution in [0.5, 0.6) is 0 Å². The third-order valence-electron chi connectivity index (χ3n) is 10.3. The van der Waals surface area contributed by atoms with Crippen molar-refractivity contribution in [2.45, 2.75) is 73.5 Å². The predicted octanol–water partition coefficient (Wildman–Crippen LogP) is 5.63. The summed E-state index contributed by atoms with van der Waals surface area (Å²) in [6.45, 7) is 18.8. The van der Waals surface area contributed by atoms with E-state index in [0.29, 0.717) is 7.25 Å². The molecule has 2 aliphatic rings. The van der Waals surface area contributed by atoms with Crippen LogP contribution in [0.4, 0.5) is 0 Å². The van der Waals surface area contributed by atoms with Gasteiger partial charge in [-0.1, -0.05) is 0 Å². The Kier molecular flexibility index (Phi) is 10.5. The zero-order chi connectivity index (χ0) is 32.4. The normalized spacial score (nSPS) is 14.6. The van der Waals surface area contributed by atoms with Crippen LogP contribution < -0.4 is 24.8 Å². The van der Waals surface area contributed by atoms with E-state index in [1.165, 1.54) is 50.1 Å². The molecule has 48 heavy (non-hydrogen) atoms. The van der Waals surface area contributed by atoms with Gasteiger partial charge in [0.1, 0.15) is 0 Å². The largest absolute Gasteiger partial charge is 1.00 e. The molecule has 2 aliphatic carbocycles. The molecule has 0 saturated heterocycles. The van der Waals surface area contributed by atoms with Gasteiger partial charge in [0.05, 0.1) is 0 Å². The molecule has 0 bridgehead atoms. The van der Waals surface area contributed by atoms with Gasteiger partial charge in [-0.15, -0.1) is 0 Å². The van der Waals surface area contributed by atoms with Crippen molar-refractivity contribution in [3.8, 4) is 11.1 Å². The van der Waals surface area contributed by atoms with Gasteiger partial charge in [0.2, 0.25) is 0 Å². The quantitative estimate of drug-likeness (QED) is 0.224. The molecule has 1 unspecified atom stereocenters. The molecule has 0 amide bonds. The van der Waals surface area contributed by atoms with E-state index in [9.17, 15) is 0 Å². The average Bonchev–Trinajstić information content (AvgIpc) is 3.62. The number of hydrogen-bond acceptors (Lipinski definition) is 0. The molecule has 0 aliphatic heterocycles. The zero-order valence-electron chi connectivity index (χ0n) is 29.5. The fourth-order valence-corrected chi connectivity index (χ4v) is 17.8. The number of rotatable bonds is 4. The summed E-state index contributed by atoms with van der Waals surface area (Å²) in [5.74, 6) is 0. The summed E-state index contributed by atoms with van der Waals surface area (Å²) in [6, 6.07) is 42.3. The maximum absolute atomic E-state index is 2.88. The van der Waals surface area contributed by atoms with Crippen molar-refractivity contribution in [2.24, 2.45) is 0 Å². The topological polar surface area (TPSA) is 0 Å². The second-order valence-corrected chi connectivity index (χ2v) is 21.9. The first-order valence-electron chi connectivity index (χ1n) is 16.9. The molecule has 0 radical (unpaired) electrons. The minimum absolute atomic E-state index is 0. The van der Waals surface area contributed by atoms with E-state index in [-0.39, 0.29) is 35.6 Å². The Hall–Kier alpha value is -2.83. The molecular formula is C45H46Cl2Zr.